The third kappa shape index (κ3) is 2.11. The minimum absolute atomic E-state index is 0.252. The van der Waals surface area contributed by atoms with Gasteiger partial charge in [0, 0.05) is 12.2 Å². The summed E-state index contributed by atoms with van der Waals surface area (Å²) in [5.41, 5.74) is 8.99. The van der Waals surface area contributed by atoms with E-state index in [2.05, 4.69) is 21.5 Å². The lowest BCUT2D eigenvalue weighted by atomic mass is 10.2. The van der Waals surface area contributed by atoms with Gasteiger partial charge in [0.25, 0.3) is 5.56 Å². The van der Waals surface area contributed by atoms with E-state index in [9.17, 15) is 4.79 Å². The molecule has 2 heterocycles. The molecular formula is C14H13N5OS. The summed E-state index contributed by atoms with van der Waals surface area (Å²) < 4.78 is 1.69. The van der Waals surface area contributed by atoms with Crippen LogP contribution in [0.4, 0.5) is 5.69 Å². The van der Waals surface area contributed by atoms with Gasteiger partial charge in [-0.25, -0.2) is 9.97 Å². The second-order valence-electron chi connectivity index (χ2n) is 4.75. The normalized spacial score (nSPS) is 11.1. The smallest absolute Gasteiger partial charge is 0.282 e. The van der Waals surface area contributed by atoms with Crippen molar-refractivity contribution in [2.75, 3.05) is 5.73 Å². The molecule has 6 nitrogen and oxygen atoms in total. The van der Waals surface area contributed by atoms with Crippen LogP contribution in [-0.2, 0) is 6.54 Å². The number of nitrogens with one attached hydrogen (secondary N) is 1. The Hall–Kier alpha value is -2.54. The second-order valence-corrected chi connectivity index (χ2v) is 5.14. The number of aryl methyl sites for hydroxylation is 1. The minimum atomic E-state index is -0.280. The average molecular weight is 299 g/mol. The maximum absolute atomic E-state index is 12.4. The first-order chi connectivity index (χ1) is 10.0. The van der Waals surface area contributed by atoms with Gasteiger partial charge >= 0.3 is 0 Å². The molecule has 0 aliphatic heterocycles. The van der Waals surface area contributed by atoms with Crippen LogP contribution in [0.5, 0.6) is 0 Å². The van der Waals surface area contributed by atoms with E-state index in [-0.39, 0.29) is 11.1 Å². The lowest BCUT2D eigenvalue weighted by Gasteiger charge is -2.07. The largest absolute Gasteiger partial charge is 0.398 e. The van der Waals surface area contributed by atoms with E-state index in [0.29, 0.717) is 33.7 Å². The lowest BCUT2D eigenvalue weighted by molar-refractivity contribution is 0.749. The predicted octanol–water partition coefficient (Wildman–Crippen LogP) is 2.08. The van der Waals surface area contributed by atoms with Crippen LogP contribution in [0.1, 0.15) is 5.56 Å². The SMILES string of the molecule is C=CCn1c(=S)[nH]c2nc3cc(N)c(C)cc3nc2c1=O. The zero-order valence-electron chi connectivity index (χ0n) is 11.4. The summed E-state index contributed by atoms with van der Waals surface area (Å²) in [5, 5.41) is 0. The summed E-state index contributed by atoms with van der Waals surface area (Å²) >= 11 is 5.17. The molecule has 3 rings (SSSR count). The van der Waals surface area contributed by atoms with Crippen LogP contribution in [-0.4, -0.2) is 19.5 Å². The van der Waals surface area contributed by atoms with Crippen LogP contribution >= 0.6 is 12.2 Å². The van der Waals surface area contributed by atoms with Crippen molar-refractivity contribution in [2.45, 2.75) is 13.5 Å². The molecule has 21 heavy (non-hydrogen) atoms. The molecule has 2 aromatic heterocycles. The number of anilines is 1. The number of rotatable bonds is 2. The summed E-state index contributed by atoms with van der Waals surface area (Å²) in [6.45, 7) is 5.83. The molecule has 0 aliphatic rings. The molecular weight excluding hydrogens is 286 g/mol. The molecule has 0 aliphatic carbocycles. The fourth-order valence-electron chi connectivity index (χ4n) is 2.14. The van der Waals surface area contributed by atoms with E-state index in [0.717, 1.165) is 5.56 Å². The molecule has 0 amide bonds. The molecule has 0 atom stereocenters. The monoisotopic (exact) mass is 299 g/mol. The van der Waals surface area contributed by atoms with E-state index >= 15 is 0 Å². The highest BCUT2D eigenvalue weighted by Crippen LogP contribution is 2.19. The molecule has 0 bridgehead atoms. The average Bonchev–Trinajstić information content (AvgIpc) is 2.44. The van der Waals surface area contributed by atoms with Gasteiger partial charge in [0.2, 0.25) is 0 Å². The zero-order chi connectivity index (χ0) is 15.1. The number of H-pyrrole nitrogens is 1. The number of allylic oxidation sites excluding steroid dienone is 1. The molecule has 1 aromatic carbocycles. The first-order valence-electron chi connectivity index (χ1n) is 6.33. The van der Waals surface area contributed by atoms with Crippen molar-refractivity contribution in [3.63, 3.8) is 0 Å². The van der Waals surface area contributed by atoms with Gasteiger partial charge in [-0.05, 0) is 36.8 Å². The van der Waals surface area contributed by atoms with Crippen molar-refractivity contribution in [3.8, 4) is 0 Å². The maximum atomic E-state index is 12.4. The minimum Gasteiger partial charge on any atom is -0.398 e. The quantitative estimate of drug-likeness (QED) is 0.327. The lowest BCUT2D eigenvalue weighted by Crippen LogP contribution is -2.22. The Balaban J connectivity index is 2.46. The highest BCUT2D eigenvalue weighted by Gasteiger charge is 2.10. The molecule has 7 heteroatoms. The van der Waals surface area contributed by atoms with E-state index in [4.69, 9.17) is 18.0 Å². The fraction of sp³-hybridized carbons (Fsp3) is 0.143. The molecule has 0 radical (unpaired) electrons. The topological polar surface area (TPSA) is 89.6 Å². The zero-order valence-corrected chi connectivity index (χ0v) is 12.2. The number of nitrogens with two attached hydrogens (primary N) is 1. The van der Waals surface area contributed by atoms with Crippen molar-refractivity contribution in [3.05, 3.63) is 45.5 Å². The first kappa shape index (κ1) is 13.4. The third-order valence-electron chi connectivity index (χ3n) is 3.28. The van der Waals surface area contributed by atoms with Gasteiger partial charge in [0.1, 0.15) is 0 Å². The number of fused-ring (bicyclic) bond motifs is 2. The number of hydrogen-bond donors (Lipinski definition) is 2. The van der Waals surface area contributed by atoms with E-state index in [1.165, 1.54) is 4.57 Å². The van der Waals surface area contributed by atoms with Crippen molar-refractivity contribution < 1.29 is 0 Å². The van der Waals surface area contributed by atoms with Crippen LogP contribution in [0.3, 0.4) is 0 Å². The summed E-state index contributed by atoms with van der Waals surface area (Å²) in [7, 11) is 0. The number of nitrogen functional groups attached to an aromatic ring is 1. The highest BCUT2D eigenvalue weighted by atomic mass is 32.1. The molecule has 106 valence electrons. The van der Waals surface area contributed by atoms with Crippen LogP contribution in [0, 0.1) is 11.7 Å². The van der Waals surface area contributed by atoms with Crippen LogP contribution < -0.4 is 11.3 Å². The van der Waals surface area contributed by atoms with E-state index < -0.39 is 0 Å². The summed E-state index contributed by atoms with van der Waals surface area (Å²) in [6, 6.07) is 3.55. The first-order valence-corrected chi connectivity index (χ1v) is 6.73. The van der Waals surface area contributed by atoms with Gasteiger partial charge in [-0.3, -0.25) is 9.36 Å². The molecule has 0 fully saturated rings. The highest BCUT2D eigenvalue weighted by molar-refractivity contribution is 7.71. The van der Waals surface area contributed by atoms with Crippen LogP contribution in [0.25, 0.3) is 22.2 Å². The van der Waals surface area contributed by atoms with Crippen molar-refractivity contribution >= 4 is 40.1 Å². The molecule has 0 spiro atoms. The second kappa shape index (κ2) is 4.78. The van der Waals surface area contributed by atoms with Gasteiger partial charge in [-0.1, -0.05) is 6.08 Å². The number of hydrogen-bond acceptors (Lipinski definition) is 5. The van der Waals surface area contributed by atoms with Crippen LogP contribution in [0.15, 0.2) is 29.6 Å². The Labute approximate surface area is 125 Å². The van der Waals surface area contributed by atoms with Crippen LogP contribution in [0.2, 0.25) is 0 Å². The Morgan fingerprint density at radius 1 is 1.43 bits per heavy atom. The Morgan fingerprint density at radius 3 is 2.86 bits per heavy atom. The molecule has 0 saturated heterocycles. The standard InChI is InChI=1S/C14H13N5OS/c1-3-4-19-13(20)11-12(18-14(19)21)17-10-6-8(15)7(2)5-9(10)16-11/h3,5-6H,1,4,15H2,2H3,(H,17,18,21). The van der Waals surface area contributed by atoms with Gasteiger partial charge in [-0.2, -0.15) is 0 Å². The van der Waals surface area contributed by atoms with Crippen molar-refractivity contribution in [1.29, 1.82) is 0 Å². The van der Waals surface area contributed by atoms with E-state index in [1.807, 2.05) is 13.0 Å². The summed E-state index contributed by atoms with van der Waals surface area (Å²) in [4.78, 5) is 24.2. The number of benzene rings is 1. The molecule has 3 N–H and O–H groups in total. The predicted molar refractivity (Wildman–Crippen MR) is 85.8 cm³/mol. The van der Waals surface area contributed by atoms with Gasteiger partial charge in [0.15, 0.2) is 15.9 Å². The third-order valence-corrected chi connectivity index (χ3v) is 3.60. The Morgan fingerprint density at radius 2 is 2.14 bits per heavy atom. The molecule has 3 aromatic rings. The number of nitrogens with zero attached hydrogens (tertiary/aromatic N) is 3. The summed E-state index contributed by atoms with van der Waals surface area (Å²) in [5.74, 6) is 0. The Kier molecular flexibility index (Phi) is 3.06. The maximum Gasteiger partial charge on any atom is 0.282 e. The fourth-order valence-corrected chi connectivity index (χ4v) is 2.40. The molecule has 0 unspecified atom stereocenters. The Bertz CT molecular complexity index is 1000. The van der Waals surface area contributed by atoms with Gasteiger partial charge in [-0.15, -0.1) is 6.58 Å². The summed E-state index contributed by atoms with van der Waals surface area (Å²) in [6.07, 6.45) is 1.61. The van der Waals surface area contributed by atoms with Crippen molar-refractivity contribution in [2.24, 2.45) is 0 Å². The van der Waals surface area contributed by atoms with E-state index in [1.54, 1.807) is 12.1 Å². The van der Waals surface area contributed by atoms with Crippen molar-refractivity contribution in [1.82, 2.24) is 19.5 Å². The van der Waals surface area contributed by atoms with Gasteiger partial charge in [0.05, 0.1) is 11.0 Å². The van der Waals surface area contributed by atoms with Gasteiger partial charge < -0.3 is 10.7 Å². The number of aromatic amines is 1. The number of aromatic nitrogens is 4. The molecule has 0 saturated carbocycles.